The topological polar surface area (TPSA) is 146 Å². The van der Waals surface area contributed by atoms with Crippen LogP contribution in [0.25, 0.3) is 22.3 Å². The Hall–Kier alpha value is -4.80. The monoisotopic (exact) mass is 779 g/mol. The number of thioether (sulfide) groups is 1. The number of hydrogen-bond acceptors (Lipinski definition) is 8. The number of amides is 3. The third-order valence-electron chi connectivity index (χ3n) is 11.5. The SMILES string of the molecule is COC(=O)N[C@H](C(=O)N1CCC[C@H]1c1nc2ccc(C#Cc3ccc(-c4cnc([C@@H]5CSC(C6CCOCC6)N5C(=O)[C@@H](C)C(C)C)[nH]4)cc3)cc2[nH]1)C(C)C. The number of H-pyrrole nitrogens is 2. The van der Waals surface area contributed by atoms with Crippen LogP contribution in [0.1, 0.15) is 95.2 Å². The van der Waals surface area contributed by atoms with Gasteiger partial charge in [0.2, 0.25) is 11.8 Å². The van der Waals surface area contributed by atoms with Gasteiger partial charge < -0.3 is 34.6 Å². The van der Waals surface area contributed by atoms with E-state index < -0.39 is 12.1 Å². The molecule has 0 aliphatic carbocycles. The Balaban J connectivity index is 1.03. The van der Waals surface area contributed by atoms with Crippen molar-refractivity contribution < 1.29 is 23.9 Å². The van der Waals surface area contributed by atoms with Gasteiger partial charge in [-0.05, 0) is 79.3 Å². The molecular formula is C43H53N7O5S. The average Bonchev–Trinajstić information content (AvgIpc) is 4.04. The number of imidazole rings is 2. The molecule has 0 bridgehead atoms. The maximum atomic E-state index is 13.9. The zero-order valence-corrected chi connectivity index (χ0v) is 33.9. The Morgan fingerprint density at radius 1 is 0.911 bits per heavy atom. The van der Waals surface area contributed by atoms with E-state index >= 15 is 0 Å². The van der Waals surface area contributed by atoms with Crippen molar-refractivity contribution in [1.29, 1.82) is 0 Å². The summed E-state index contributed by atoms with van der Waals surface area (Å²) in [4.78, 5) is 60.1. The molecule has 5 heterocycles. The van der Waals surface area contributed by atoms with Gasteiger partial charge in [0, 0.05) is 42.6 Å². The summed E-state index contributed by atoms with van der Waals surface area (Å²) in [5.74, 6) is 9.54. The standard InChI is InChI=1S/C43H53N7O5S/c1-25(2)27(5)40(51)50-36(24-56-42(50)31-17-20-55-21-18-31)38-44-23-34(47-38)30-14-11-28(12-15-30)9-10-29-13-16-32-33(22-29)46-39(45-32)35-8-7-19-49(35)41(52)37(26(3)4)48-43(53)54-6/h11-16,22-23,25-27,31,35-37,42H,7-8,17-21,24H2,1-6H3,(H,44,47)(H,45,46)(H,48,53)/t27-,35-,36-,37-,42?/m0/s1. The molecule has 2 aromatic carbocycles. The molecule has 3 saturated heterocycles. The third-order valence-corrected chi connectivity index (χ3v) is 13.0. The van der Waals surface area contributed by atoms with Gasteiger partial charge >= 0.3 is 6.09 Å². The lowest BCUT2D eigenvalue weighted by Gasteiger charge is -2.37. The molecule has 296 valence electrons. The van der Waals surface area contributed by atoms with Crippen LogP contribution in [0.5, 0.6) is 0 Å². The molecule has 12 nitrogen and oxygen atoms in total. The number of likely N-dealkylation sites (tertiary alicyclic amines) is 1. The Morgan fingerprint density at radius 2 is 1.64 bits per heavy atom. The van der Waals surface area contributed by atoms with E-state index in [1.54, 1.807) is 0 Å². The zero-order chi connectivity index (χ0) is 39.5. The molecule has 3 aliphatic heterocycles. The molecule has 2 aromatic heterocycles. The Morgan fingerprint density at radius 3 is 2.36 bits per heavy atom. The van der Waals surface area contributed by atoms with Crippen LogP contribution in [0, 0.1) is 35.5 Å². The van der Waals surface area contributed by atoms with Crippen molar-refractivity contribution in [2.45, 2.75) is 83.8 Å². The summed E-state index contributed by atoms with van der Waals surface area (Å²) in [6, 6.07) is 13.0. The molecule has 3 amide bonds. The molecule has 3 N–H and O–H groups in total. The van der Waals surface area contributed by atoms with Crippen molar-refractivity contribution in [3.63, 3.8) is 0 Å². The second kappa shape index (κ2) is 17.1. The second-order valence-electron chi connectivity index (χ2n) is 15.9. The number of fused-ring (bicyclic) bond motifs is 1. The molecular weight excluding hydrogens is 727 g/mol. The van der Waals surface area contributed by atoms with Crippen LogP contribution in [0.4, 0.5) is 4.79 Å². The second-order valence-corrected chi connectivity index (χ2v) is 17.0. The predicted molar refractivity (Wildman–Crippen MR) is 217 cm³/mol. The summed E-state index contributed by atoms with van der Waals surface area (Å²) in [7, 11) is 1.29. The predicted octanol–water partition coefficient (Wildman–Crippen LogP) is 7.06. The summed E-state index contributed by atoms with van der Waals surface area (Å²) in [6.07, 6.45) is 4.83. The van der Waals surface area contributed by atoms with Gasteiger partial charge in [0.15, 0.2) is 0 Å². The Bertz CT molecular complexity index is 2090. The highest BCUT2D eigenvalue weighted by Crippen LogP contribution is 2.45. The van der Waals surface area contributed by atoms with Crippen LogP contribution in [-0.2, 0) is 19.1 Å². The highest BCUT2D eigenvalue weighted by molar-refractivity contribution is 8.00. The molecule has 5 atom stereocenters. The molecule has 0 spiro atoms. The van der Waals surface area contributed by atoms with E-state index in [9.17, 15) is 14.4 Å². The quantitative estimate of drug-likeness (QED) is 0.153. The van der Waals surface area contributed by atoms with E-state index in [2.05, 4.69) is 45.9 Å². The van der Waals surface area contributed by atoms with E-state index in [1.165, 1.54) is 7.11 Å². The van der Waals surface area contributed by atoms with Gasteiger partial charge in [0.05, 0.1) is 47.5 Å². The lowest BCUT2D eigenvalue weighted by molar-refractivity contribution is -0.140. The highest BCUT2D eigenvalue weighted by Gasteiger charge is 2.45. The summed E-state index contributed by atoms with van der Waals surface area (Å²) < 4.78 is 10.4. The van der Waals surface area contributed by atoms with Crippen LogP contribution >= 0.6 is 11.8 Å². The van der Waals surface area contributed by atoms with Crippen LogP contribution in [0.15, 0.2) is 48.7 Å². The molecule has 56 heavy (non-hydrogen) atoms. The molecule has 3 fully saturated rings. The molecule has 13 heteroatoms. The van der Waals surface area contributed by atoms with Crippen molar-refractivity contribution in [1.82, 2.24) is 35.1 Å². The molecule has 3 aliphatic rings. The fraction of sp³-hybridized carbons (Fsp3) is 0.512. The van der Waals surface area contributed by atoms with Gasteiger partial charge in [-0.3, -0.25) is 9.59 Å². The van der Waals surface area contributed by atoms with E-state index in [0.29, 0.717) is 12.5 Å². The maximum Gasteiger partial charge on any atom is 0.407 e. The number of aromatic amines is 2. The number of nitrogens with one attached hydrogen (secondary N) is 3. The van der Waals surface area contributed by atoms with E-state index in [0.717, 1.165) is 89.7 Å². The van der Waals surface area contributed by atoms with Gasteiger partial charge in [0.25, 0.3) is 0 Å². The van der Waals surface area contributed by atoms with Gasteiger partial charge in [-0.2, -0.15) is 0 Å². The van der Waals surface area contributed by atoms with Crippen LogP contribution < -0.4 is 5.32 Å². The number of carbonyl (C=O) groups excluding carboxylic acids is 3. The minimum Gasteiger partial charge on any atom is -0.453 e. The van der Waals surface area contributed by atoms with Crippen molar-refractivity contribution in [2.24, 2.45) is 23.7 Å². The number of ether oxygens (including phenoxy) is 2. The first-order valence-corrected chi connectivity index (χ1v) is 20.9. The van der Waals surface area contributed by atoms with Gasteiger partial charge in [-0.25, -0.2) is 14.8 Å². The fourth-order valence-electron chi connectivity index (χ4n) is 7.89. The van der Waals surface area contributed by atoms with Gasteiger partial charge in [0.1, 0.15) is 17.7 Å². The minimum absolute atomic E-state index is 0.0671. The van der Waals surface area contributed by atoms with Crippen LogP contribution in [0.2, 0.25) is 0 Å². The lowest BCUT2D eigenvalue weighted by atomic mass is 9.93. The van der Waals surface area contributed by atoms with E-state index in [-0.39, 0.29) is 47.0 Å². The summed E-state index contributed by atoms with van der Waals surface area (Å²) in [5.41, 5.74) is 5.29. The number of nitrogens with zero attached hydrogens (tertiary/aromatic N) is 4. The minimum atomic E-state index is -0.687. The molecule has 4 aromatic rings. The van der Waals surface area contributed by atoms with Crippen molar-refractivity contribution in [3.05, 3.63) is 71.4 Å². The van der Waals surface area contributed by atoms with Gasteiger partial charge in [-0.15, -0.1) is 11.8 Å². The Kier molecular flexibility index (Phi) is 12.1. The largest absolute Gasteiger partial charge is 0.453 e. The summed E-state index contributed by atoms with van der Waals surface area (Å²) in [5, 5.41) is 2.84. The third kappa shape index (κ3) is 8.32. The van der Waals surface area contributed by atoms with E-state index in [4.69, 9.17) is 19.4 Å². The molecule has 1 unspecified atom stereocenters. The number of alkyl carbamates (subject to hydrolysis) is 1. The lowest BCUT2D eigenvalue weighted by Crippen LogP contribution is -2.51. The van der Waals surface area contributed by atoms with Crippen LogP contribution in [0.3, 0.4) is 0 Å². The number of hydrogen-bond donors (Lipinski definition) is 3. The van der Waals surface area contributed by atoms with Crippen molar-refractivity contribution in [2.75, 3.05) is 32.6 Å². The normalized spacial score (nSPS) is 21.3. The first-order chi connectivity index (χ1) is 27.0. The van der Waals surface area contributed by atoms with E-state index in [1.807, 2.05) is 86.1 Å². The number of methoxy groups -OCH3 is 1. The number of benzene rings is 2. The zero-order valence-electron chi connectivity index (χ0n) is 33.1. The smallest absolute Gasteiger partial charge is 0.407 e. The van der Waals surface area contributed by atoms with Crippen molar-refractivity contribution >= 4 is 40.7 Å². The highest BCUT2D eigenvalue weighted by atomic mass is 32.2. The summed E-state index contributed by atoms with van der Waals surface area (Å²) in [6.45, 7) is 12.2. The van der Waals surface area contributed by atoms with Crippen molar-refractivity contribution in [3.8, 4) is 23.1 Å². The first-order valence-electron chi connectivity index (χ1n) is 19.9. The number of aromatic nitrogens is 4. The average molecular weight is 780 g/mol. The number of carbonyl (C=O) groups is 3. The fourth-order valence-corrected chi connectivity index (χ4v) is 9.54. The number of rotatable bonds is 9. The molecule has 0 saturated carbocycles. The maximum absolute atomic E-state index is 13.9. The Labute approximate surface area is 333 Å². The summed E-state index contributed by atoms with van der Waals surface area (Å²) >= 11 is 1.88. The molecule has 0 radical (unpaired) electrons. The van der Waals surface area contributed by atoms with Gasteiger partial charge in [-0.1, -0.05) is 58.6 Å². The first kappa shape index (κ1) is 39.4. The molecule has 7 rings (SSSR count). The van der Waals surface area contributed by atoms with Crippen LogP contribution in [-0.4, -0.2) is 91.7 Å².